The third-order valence-electron chi connectivity index (χ3n) is 4.74. The predicted molar refractivity (Wildman–Crippen MR) is 128 cm³/mol. The molecule has 0 unspecified atom stereocenters. The van der Waals surface area contributed by atoms with Gasteiger partial charge in [0.15, 0.2) is 11.5 Å². The maximum absolute atomic E-state index is 12.9. The molecule has 0 saturated heterocycles. The number of nitrogens with one attached hydrogen (secondary N) is 2. The molecule has 0 aromatic heterocycles. The number of hydrogen-bond donors (Lipinski definition) is 2. The molecule has 2 N–H and O–H groups in total. The van der Waals surface area contributed by atoms with Gasteiger partial charge >= 0.3 is 0 Å². The number of benzene rings is 3. The quantitative estimate of drug-likeness (QED) is 0.486. The second-order valence-corrected chi connectivity index (χ2v) is 9.09. The molecule has 0 fully saturated rings. The number of methoxy groups -OCH3 is 2. The maximum atomic E-state index is 12.9. The minimum Gasteiger partial charge on any atom is -0.493 e. The van der Waals surface area contributed by atoms with Crippen molar-refractivity contribution in [3.05, 3.63) is 77.4 Å². The maximum Gasteiger partial charge on any atom is 0.255 e. The van der Waals surface area contributed by atoms with E-state index in [1.165, 1.54) is 14.2 Å². The zero-order chi connectivity index (χ0) is 24.0. The SMILES string of the molecule is COc1cc(C(=O)Nc2ccc(C)c(NS(C)(=O)=O)c2)cc(OC)c1OCc1ccccc1. The fourth-order valence-corrected chi connectivity index (χ4v) is 3.72. The molecule has 3 rings (SSSR count). The number of anilines is 2. The van der Waals surface area contributed by atoms with Crippen molar-refractivity contribution in [3.63, 3.8) is 0 Å². The Morgan fingerprint density at radius 3 is 2.15 bits per heavy atom. The van der Waals surface area contributed by atoms with E-state index in [2.05, 4.69) is 10.0 Å². The first-order valence-electron chi connectivity index (χ1n) is 10.0. The summed E-state index contributed by atoms with van der Waals surface area (Å²) in [5, 5.41) is 2.77. The first-order chi connectivity index (χ1) is 15.7. The molecular formula is C24H26N2O6S. The molecule has 174 valence electrons. The molecule has 0 aliphatic carbocycles. The highest BCUT2D eigenvalue weighted by Crippen LogP contribution is 2.39. The second-order valence-electron chi connectivity index (χ2n) is 7.34. The number of ether oxygens (including phenoxy) is 3. The standard InChI is InChI=1S/C24H26N2O6S/c1-16-10-11-19(14-20(16)26-33(4,28)29)25-24(27)18-12-21(30-2)23(22(13-18)31-3)32-15-17-8-6-5-7-9-17/h5-14,26H,15H2,1-4H3,(H,25,27). The van der Waals surface area contributed by atoms with Gasteiger partial charge in [-0.25, -0.2) is 8.42 Å². The van der Waals surface area contributed by atoms with Gasteiger partial charge in [0.2, 0.25) is 15.8 Å². The lowest BCUT2D eigenvalue weighted by atomic mass is 10.1. The van der Waals surface area contributed by atoms with E-state index in [0.717, 1.165) is 17.4 Å². The van der Waals surface area contributed by atoms with E-state index in [-0.39, 0.29) is 5.56 Å². The summed E-state index contributed by atoms with van der Waals surface area (Å²) in [6.45, 7) is 2.07. The van der Waals surface area contributed by atoms with Crippen molar-refractivity contribution in [1.29, 1.82) is 0 Å². The molecular weight excluding hydrogens is 444 g/mol. The summed E-state index contributed by atoms with van der Waals surface area (Å²) in [4.78, 5) is 12.9. The van der Waals surface area contributed by atoms with Gasteiger partial charge in [-0.3, -0.25) is 9.52 Å². The van der Waals surface area contributed by atoms with Gasteiger partial charge in [-0.1, -0.05) is 36.4 Å². The molecule has 3 aromatic rings. The molecule has 0 radical (unpaired) electrons. The molecule has 0 bridgehead atoms. The van der Waals surface area contributed by atoms with Crippen molar-refractivity contribution in [2.75, 3.05) is 30.5 Å². The number of aryl methyl sites for hydroxylation is 1. The molecule has 9 heteroatoms. The van der Waals surface area contributed by atoms with Crippen LogP contribution >= 0.6 is 0 Å². The number of amides is 1. The Labute approximate surface area is 193 Å². The fraction of sp³-hybridized carbons (Fsp3) is 0.208. The minimum absolute atomic E-state index is 0.286. The first kappa shape index (κ1) is 23.9. The van der Waals surface area contributed by atoms with Crippen LogP contribution in [0.1, 0.15) is 21.5 Å². The predicted octanol–water partition coefficient (Wildman–Crippen LogP) is 4.22. The van der Waals surface area contributed by atoms with Gasteiger partial charge in [-0.2, -0.15) is 0 Å². The number of rotatable bonds is 9. The van der Waals surface area contributed by atoms with Gasteiger partial charge in [0, 0.05) is 11.3 Å². The Hall–Kier alpha value is -3.72. The monoisotopic (exact) mass is 470 g/mol. The lowest BCUT2D eigenvalue weighted by Crippen LogP contribution is -2.14. The number of carbonyl (C=O) groups is 1. The molecule has 0 spiro atoms. The molecule has 0 saturated carbocycles. The van der Waals surface area contributed by atoms with Crippen LogP contribution in [0.15, 0.2) is 60.7 Å². The zero-order valence-corrected chi connectivity index (χ0v) is 19.7. The Morgan fingerprint density at radius 1 is 0.939 bits per heavy atom. The van der Waals surface area contributed by atoms with Crippen molar-refractivity contribution in [3.8, 4) is 17.2 Å². The summed E-state index contributed by atoms with van der Waals surface area (Å²) in [7, 11) is -0.493. The summed E-state index contributed by atoms with van der Waals surface area (Å²) in [5.74, 6) is 0.656. The van der Waals surface area contributed by atoms with Gasteiger partial charge in [0.05, 0.1) is 26.2 Å². The summed E-state index contributed by atoms with van der Waals surface area (Å²) in [6, 6.07) is 17.7. The van der Waals surface area contributed by atoms with E-state index >= 15 is 0 Å². The Balaban J connectivity index is 1.84. The van der Waals surface area contributed by atoms with Crippen LogP contribution in [0, 0.1) is 6.92 Å². The van der Waals surface area contributed by atoms with Crippen molar-refractivity contribution in [1.82, 2.24) is 0 Å². The molecule has 3 aromatic carbocycles. The van der Waals surface area contributed by atoms with E-state index in [0.29, 0.717) is 35.2 Å². The molecule has 0 heterocycles. The third kappa shape index (κ3) is 6.39. The molecule has 0 aliphatic rings. The summed E-state index contributed by atoms with van der Waals surface area (Å²) >= 11 is 0. The topological polar surface area (TPSA) is 103 Å². The average Bonchev–Trinajstić information content (AvgIpc) is 2.79. The lowest BCUT2D eigenvalue weighted by molar-refractivity contribution is 0.102. The molecule has 8 nitrogen and oxygen atoms in total. The number of hydrogen-bond acceptors (Lipinski definition) is 6. The Bertz CT molecular complexity index is 1220. The van der Waals surface area contributed by atoms with Crippen LogP contribution in [-0.2, 0) is 16.6 Å². The Kier molecular flexibility index (Phi) is 7.44. The molecule has 1 amide bonds. The fourth-order valence-electron chi connectivity index (χ4n) is 3.10. The van der Waals surface area contributed by atoms with E-state index in [1.54, 1.807) is 37.3 Å². The van der Waals surface area contributed by atoms with Gasteiger partial charge in [0.25, 0.3) is 5.91 Å². The van der Waals surface area contributed by atoms with Gasteiger partial charge in [-0.05, 0) is 42.3 Å². The summed E-state index contributed by atoms with van der Waals surface area (Å²) < 4.78 is 42.4. The van der Waals surface area contributed by atoms with Gasteiger partial charge < -0.3 is 19.5 Å². The van der Waals surface area contributed by atoms with E-state index in [1.807, 2.05) is 30.3 Å². The van der Waals surface area contributed by atoms with Crippen LogP contribution in [0.4, 0.5) is 11.4 Å². The zero-order valence-electron chi connectivity index (χ0n) is 18.8. The first-order valence-corrected chi connectivity index (χ1v) is 11.9. The van der Waals surface area contributed by atoms with Crippen LogP contribution in [0.5, 0.6) is 17.2 Å². The smallest absolute Gasteiger partial charge is 0.255 e. The van der Waals surface area contributed by atoms with Crippen molar-refractivity contribution >= 4 is 27.3 Å². The normalized spacial score (nSPS) is 10.9. The summed E-state index contributed by atoms with van der Waals surface area (Å²) in [5.41, 5.74) is 2.80. The van der Waals surface area contributed by atoms with Crippen LogP contribution in [0.25, 0.3) is 0 Å². The highest BCUT2D eigenvalue weighted by atomic mass is 32.2. The average molecular weight is 471 g/mol. The van der Waals surface area contributed by atoms with Crippen molar-refractivity contribution in [2.45, 2.75) is 13.5 Å². The minimum atomic E-state index is -3.46. The third-order valence-corrected chi connectivity index (χ3v) is 5.33. The lowest BCUT2D eigenvalue weighted by Gasteiger charge is -2.16. The Morgan fingerprint density at radius 2 is 1.58 bits per heavy atom. The van der Waals surface area contributed by atoms with Crippen LogP contribution in [0.2, 0.25) is 0 Å². The van der Waals surface area contributed by atoms with Gasteiger partial charge in [-0.15, -0.1) is 0 Å². The van der Waals surface area contributed by atoms with Gasteiger partial charge in [0.1, 0.15) is 6.61 Å². The van der Waals surface area contributed by atoms with Crippen molar-refractivity contribution in [2.24, 2.45) is 0 Å². The van der Waals surface area contributed by atoms with Crippen LogP contribution in [0.3, 0.4) is 0 Å². The highest BCUT2D eigenvalue weighted by Gasteiger charge is 2.18. The van der Waals surface area contributed by atoms with E-state index in [4.69, 9.17) is 14.2 Å². The molecule has 33 heavy (non-hydrogen) atoms. The highest BCUT2D eigenvalue weighted by molar-refractivity contribution is 7.92. The molecule has 0 atom stereocenters. The molecule has 0 aliphatic heterocycles. The van der Waals surface area contributed by atoms with Crippen LogP contribution in [-0.4, -0.2) is 34.8 Å². The number of carbonyl (C=O) groups excluding carboxylic acids is 1. The second kappa shape index (κ2) is 10.3. The van der Waals surface area contributed by atoms with Crippen molar-refractivity contribution < 1.29 is 27.4 Å². The van der Waals surface area contributed by atoms with E-state index < -0.39 is 15.9 Å². The largest absolute Gasteiger partial charge is 0.493 e. The summed E-state index contributed by atoms with van der Waals surface area (Å²) in [6.07, 6.45) is 1.07. The van der Waals surface area contributed by atoms with E-state index in [9.17, 15) is 13.2 Å². The van der Waals surface area contributed by atoms with Crippen LogP contribution < -0.4 is 24.2 Å². The number of sulfonamides is 1.